The largest absolute Gasteiger partial charge is 0.494 e. The summed E-state index contributed by atoms with van der Waals surface area (Å²) >= 11 is 0. The van der Waals surface area contributed by atoms with Crippen LogP contribution in [0.5, 0.6) is 5.75 Å². The number of nitrogens with one attached hydrogen (secondary N) is 2. The quantitative estimate of drug-likeness (QED) is 0.857. The molecule has 118 valence electrons. The van der Waals surface area contributed by atoms with Crippen LogP contribution < -0.4 is 15.4 Å². The Morgan fingerprint density at radius 2 is 1.74 bits per heavy atom. The van der Waals surface area contributed by atoms with E-state index in [1.54, 1.807) is 31.2 Å². The number of rotatable bonds is 6. The van der Waals surface area contributed by atoms with Crippen LogP contribution in [0.1, 0.15) is 19.4 Å². The number of anilines is 2. The van der Waals surface area contributed by atoms with Gasteiger partial charge in [-0.2, -0.15) is 5.26 Å². The molecule has 2 rings (SSSR count). The maximum absolute atomic E-state index is 12.2. The zero-order valence-electron chi connectivity index (χ0n) is 13.2. The fraction of sp³-hybridized carbons (Fsp3) is 0.222. The van der Waals surface area contributed by atoms with Crippen molar-refractivity contribution in [2.24, 2.45) is 0 Å². The van der Waals surface area contributed by atoms with Crippen molar-refractivity contribution in [1.82, 2.24) is 0 Å². The van der Waals surface area contributed by atoms with Crippen molar-refractivity contribution in [3.8, 4) is 11.8 Å². The van der Waals surface area contributed by atoms with Crippen molar-refractivity contribution in [2.45, 2.75) is 19.9 Å². The molecule has 0 bridgehead atoms. The molecule has 5 heteroatoms. The van der Waals surface area contributed by atoms with Gasteiger partial charge in [-0.05, 0) is 62.4 Å². The van der Waals surface area contributed by atoms with Crippen molar-refractivity contribution < 1.29 is 9.53 Å². The van der Waals surface area contributed by atoms with E-state index in [2.05, 4.69) is 10.6 Å². The summed E-state index contributed by atoms with van der Waals surface area (Å²) in [5, 5.41) is 14.7. The molecule has 23 heavy (non-hydrogen) atoms. The van der Waals surface area contributed by atoms with Gasteiger partial charge in [0.15, 0.2) is 0 Å². The lowest BCUT2D eigenvalue weighted by Crippen LogP contribution is -2.31. The molecule has 0 radical (unpaired) electrons. The SMILES string of the molecule is CCOc1ccc(N[C@H](C)C(=O)Nc2ccc(C#N)cc2)cc1. The standard InChI is InChI=1S/C18H19N3O2/c1-3-23-17-10-8-15(9-11-17)20-13(2)18(22)21-16-6-4-14(12-19)5-7-16/h4-11,13,20H,3H2,1-2H3,(H,21,22)/t13-/m1/s1. The summed E-state index contributed by atoms with van der Waals surface area (Å²) in [6.45, 7) is 4.34. The van der Waals surface area contributed by atoms with Crippen LogP contribution in [0, 0.1) is 11.3 Å². The van der Waals surface area contributed by atoms with Crippen LogP contribution in [-0.4, -0.2) is 18.6 Å². The molecule has 0 unspecified atom stereocenters. The Kier molecular flexibility index (Phi) is 5.59. The topological polar surface area (TPSA) is 74.2 Å². The van der Waals surface area contributed by atoms with Crippen LogP contribution in [0.25, 0.3) is 0 Å². The normalized spacial score (nSPS) is 11.2. The molecule has 2 aromatic carbocycles. The van der Waals surface area contributed by atoms with Gasteiger partial charge >= 0.3 is 0 Å². The second-order valence-corrected chi connectivity index (χ2v) is 5.00. The first-order valence-corrected chi connectivity index (χ1v) is 7.43. The fourth-order valence-corrected chi connectivity index (χ4v) is 2.01. The van der Waals surface area contributed by atoms with Gasteiger partial charge in [0.1, 0.15) is 11.8 Å². The van der Waals surface area contributed by atoms with Gasteiger partial charge in [0.05, 0.1) is 18.2 Å². The minimum Gasteiger partial charge on any atom is -0.494 e. The van der Waals surface area contributed by atoms with Crippen LogP contribution in [0.2, 0.25) is 0 Å². The molecule has 5 nitrogen and oxygen atoms in total. The molecule has 0 heterocycles. The first-order valence-electron chi connectivity index (χ1n) is 7.43. The molecule has 0 spiro atoms. The number of amides is 1. The molecule has 0 aliphatic carbocycles. The lowest BCUT2D eigenvalue weighted by Gasteiger charge is -2.15. The fourth-order valence-electron chi connectivity index (χ4n) is 2.01. The van der Waals surface area contributed by atoms with Gasteiger partial charge in [-0.3, -0.25) is 4.79 Å². The van der Waals surface area contributed by atoms with Gasteiger partial charge in [-0.15, -0.1) is 0 Å². The molecule has 1 atom stereocenters. The smallest absolute Gasteiger partial charge is 0.246 e. The van der Waals surface area contributed by atoms with Gasteiger partial charge in [0.25, 0.3) is 0 Å². The molecule has 0 aliphatic rings. The summed E-state index contributed by atoms with van der Waals surface area (Å²) in [6.07, 6.45) is 0. The minimum absolute atomic E-state index is 0.149. The third kappa shape index (κ3) is 4.75. The maximum Gasteiger partial charge on any atom is 0.246 e. The van der Waals surface area contributed by atoms with Crippen LogP contribution >= 0.6 is 0 Å². The van der Waals surface area contributed by atoms with E-state index in [1.165, 1.54) is 0 Å². The highest BCUT2D eigenvalue weighted by Gasteiger charge is 2.12. The molecule has 0 aliphatic heterocycles. The molecule has 0 fully saturated rings. The third-order valence-electron chi connectivity index (χ3n) is 3.22. The number of carbonyl (C=O) groups excluding carboxylic acids is 1. The van der Waals surface area contributed by atoms with E-state index >= 15 is 0 Å². The molecule has 0 aromatic heterocycles. The Labute approximate surface area is 135 Å². The molecule has 0 saturated heterocycles. The van der Waals surface area contributed by atoms with E-state index in [1.807, 2.05) is 37.3 Å². The van der Waals surface area contributed by atoms with Crippen molar-refractivity contribution in [3.05, 3.63) is 54.1 Å². The van der Waals surface area contributed by atoms with Crippen LogP contribution in [-0.2, 0) is 4.79 Å². The number of hydrogen-bond acceptors (Lipinski definition) is 4. The van der Waals surface area contributed by atoms with Crippen molar-refractivity contribution in [2.75, 3.05) is 17.2 Å². The maximum atomic E-state index is 12.2. The summed E-state index contributed by atoms with van der Waals surface area (Å²) in [7, 11) is 0. The highest BCUT2D eigenvalue weighted by atomic mass is 16.5. The van der Waals surface area contributed by atoms with Gasteiger partial charge < -0.3 is 15.4 Å². The van der Waals surface area contributed by atoms with E-state index in [0.29, 0.717) is 17.9 Å². The Balaban J connectivity index is 1.92. The first kappa shape index (κ1) is 16.4. The zero-order chi connectivity index (χ0) is 16.7. The van der Waals surface area contributed by atoms with E-state index in [-0.39, 0.29) is 5.91 Å². The van der Waals surface area contributed by atoms with Crippen molar-refractivity contribution in [3.63, 3.8) is 0 Å². The lowest BCUT2D eigenvalue weighted by molar-refractivity contribution is -0.116. The molecular formula is C18H19N3O2. The van der Waals surface area contributed by atoms with Crippen LogP contribution in [0.4, 0.5) is 11.4 Å². The van der Waals surface area contributed by atoms with E-state index < -0.39 is 6.04 Å². The number of nitriles is 1. The Bertz CT molecular complexity index is 688. The summed E-state index contributed by atoms with van der Waals surface area (Å²) in [4.78, 5) is 12.2. The van der Waals surface area contributed by atoms with Crippen molar-refractivity contribution >= 4 is 17.3 Å². The van der Waals surface area contributed by atoms with E-state index in [0.717, 1.165) is 11.4 Å². The zero-order valence-corrected chi connectivity index (χ0v) is 13.2. The average molecular weight is 309 g/mol. The Hall–Kier alpha value is -3.00. The summed E-state index contributed by atoms with van der Waals surface area (Å²) in [5.41, 5.74) is 2.06. The number of benzene rings is 2. The van der Waals surface area contributed by atoms with Crippen LogP contribution in [0.3, 0.4) is 0 Å². The second kappa shape index (κ2) is 7.85. The third-order valence-corrected chi connectivity index (χ3v) is 3.22. The van der Waals surface area contributed by atoms with Gasteiger partial charge in [0, 0.05) is 11.4 Å². The average Bonchev–Trinajstić information content (AvgIpc) is 2.57. The minimum atomic E-state index is -0.399. The van der Waals surface area contributed by atoms with E-state index in [4.69, 9.17) is 10.00 Å². The number of nitrogens with zero attached hydrogens (tertiary/aromatic N) is 1. The van der Waals surface area contributed by atoms with E-state index in [9.17, 15) is 4.79 Å². The highest BCUT2D eigenvalue weighted by Crippen LogP contribution is 2.17. The summed E-state index contributed by atoms with van der Waals surface area (Å²) < 4.78 is 5.38. The van der Waals surface area contributed by atoms with Gasteiger partial charge in [-0.1, -0.05) is 0 Å². The Morgan fingerprint density at radius 1 is 1.13 bits per heavy atom. The first-order chi connectivity index (χ1) is 11.1. The molecular weight excluding hydrogens is 290 g/mol. The Morgan fingerprint density at radius 3 is 2.30 bits per heavy atom. The number of hydrogen-bond donors (Lipinski definition) is 2. The summed E-state index contributed by atoms with van der Waals surface area (Å²) in [5.74, 6) is 0.649. The monoisotopic (exact) mass is 309 g/mol. The number of carbonyl (C=O) groups is 1. The van der Waals surface area contributed by atoms with Gasteiger partial charge in [-0.25, -0.2) is 0 Å². The number of ether oxygens (including phenoxy) is 1. The second-order valence-electron chi connectivity index (χ2n) is 5.00. The molecule has 2 aromatic rings. The van der Waals surface area contributed by atoms with Gasteiger partial charge in [0.2, 0.25) is 5.91 Å². The predicted molar refractivity (Wildman–Crippen MR) is 90.5 cm³/mol. The molecule has 1 amide bonds. The molecule has 0 saturated carbocycles. The lowest BCUT2D eigenvalue weighted by atomic mass is 10.2. The summed E-state index contributed by atoms with van der Waals surface area (Å²) in [6, 6.07) is 15.9. The van der Waals surface area contributed by atoms with Crippen molar-refractivity contribution in [1.29, 1.82) is 5.26 Å². The highest BCUT2D eigenvalue weighted by molar-refractivity contribution is 5.96. The molecule has 2 N–H and O–H groups in total. The predicted octanol–water partition coefficient (Wildman–Crippen LogP) is 3.40. The van der Waals surface area contributed by atoms with Crippen LogP contribution in [0.15, 0.2) is 48.5 Å².